The van der Waals surface area contributed by atoms with E-state index in [9.17, 15) is 0 Å². The molecule has 2 atom stereocenters. The second kappa shape index (κ2) is 8.50. The Balaban J connectivity index is 1.91. The summed E-state index contributed by atoms with van der Waals surface area (Å²) in [6.07, 6.45) is 1.18. The molecule has 1 fully saturated rings. The van der Waals surface area contributed by atoms with Crippen LogP contribution in [0.15, 0.2) is 22.5 Å². The number of thiophene rings is 1. The molecule has 0 bridgehead atoms. The van der Waals surface area contributed by atoms with Gasteiger partial charge in [0.05, 0.1) is 12.6 Å². The van der Waals surface area contributed by atoms with E-state index in [1.165, 1.54) is 11.3 Å². The van der Waals surface area contributed by atoms with Crippen LogP contribution in [0.5, 0.6) is 0 Å². The summed E-state index contributed by atoms with van der Waals surface area (Å²) in [6.45, 7) is 3.78. The lowest BCUT2D eigenvalue weighted by molar-refractivity contribution is 0.157. The average Bonchev–Trinajstić information content (AvgIpc) is 3.15. The first kappa shape index (κ1) is 17.2. The fourth-order valence-corrected chi connectivity index (χ4v) is 3.86. The van der Waals surface area contributed by atoms with Gasteiger partial charge in [-0.15, -0.1) is 11.3 Å². The molecule has 0 saturated carbocycles. The second-order valence-corrected chi connectivity index (χ2v) is 6.96. The van der Waals surface area contributed by atoms with Crippen LogP contribution in [0.3, 0.4) is 0 Å². The van der Waals surface area contributed by atoms with Crippen LogP contribution in [0, 0.1) is 5.92 Å². The molecule has 1 saturated heterocycles. The number of hydrogen-bond donors (Lipinski definition) is 1. The lowest BCUT2D eigenvalue weighted by Crippen LogP contribution is -2.43. The minimum absolute atomic E-state index is 0.370. The first-order valence-corrected chi connectivity index (χ1v) is 8.68. The standard InChI is InChI=1S/C16H28N4OS/c1-17-16(20-8-7-13(11-20)12-21-4)18-10-14(19(2)3)15-6-5-9-22-15/h5-6,9,13-14H,7-8,10-12H2,1-4H3,(H,17,18). The summed E-state index contributed by atoms with van der Waals surface area (Å²) in [4.78, 5) is 10.4. The Morgan fingerprint density at radius 2 is 2.41 bits per heavy atom. The molecule has 5 nitrogen and oxygen atoms in total. The van der Waals surface area contributed by atoms with Gasteiger partial charge in [-0.2, -0.15) is 0 Å². The molecule has 2 rings (SSSR count). The van der Waals surface area contributed by atoms with E-state index in [4.69, 9.17) is 4.74 Å². The van der Waals surface area contributed by atoms with E-state index in [0.717, 1.165) is 32.2 Å². The van der Waals surface area contributed by atoms with E-state index in [1.54, 1.807) is 18.4 Å². The molecule has 1 aromatic heterocycles. The normalized spacial score (nSPS) is 20.7. The highest BCUT2D eigenvalue weighted by atomic mass is 32.1. The number of likely N-dealkylation sites (N-methyl/N-ethyl adjacent to an activating group) is 1. The highest BCUT2D eigenvalue weighted by Gasteiger charge is 2.25. The lowest BCUT2D eigenvalue weighted by atomic mass is 10.1. The fourth-order valence-electron chi connectivity index (χ4n) is 2.94. The Bertz CT molecular complexity index is 461. The number of ether oxygens (including phenoxy) is 1. The van der Waals surface area contributed by atoms with E-state index < -0.39 is 0 Å². The van der Waals surface area contributed by atoms with E-state index in [1.807, 2.05) is 7.05 Å². The maximum Gasteiger partial charge on any atom is 0.193 e. The smallest absolute Gasteiger partial charge is 0.193 e. The van der Waals surface area contributed by atoms with Gasteiger partial charge in [-0.1, -0.05) is 6.07 Å². The predicted molar refractivity (Wildman–Crippen MR) is 93.7 cm³/mol. The quantitative estimate of drug-likeness (QED) is 0.641. The number of nitrogens with one attached hydrogen (secondary N) is 1. The van der Waals surface area contributed by atoms with Crippen LogP contribution in [0.2, 0.25) is 0 Å². The van der Waals surface area contributed by atoms with E-state index in [-0.39, 0.29) is 0 Å². The van der Waals surface area contributed by atoms with Crippen LogP contribution < -0.4 is 5.32 Å². The Hall–Kier alpha value is -1.11. The van der Waals surface area contributed by atoms with Crippen molar-refractivity contribution >= 4 is 17.3 Å². The molecule has 0 spiro atoms. The van der Waals surface area contributed by atoms with Gasteiger partial charge in [0.1, 0.15) is 0 Å². The molecule has 1 N–H and O–H groups in total. The van der Waals surface area contributed by atoms with Gasteiger partial charge in [0.25, 0.3) is 0 Å². The van der Waals surface area contributed by atoms with Crippen molar-refractivity contribution in [3.05, 3.63) is 22.4 Å². The van der Waals surface area contributed by atoms with Crippen LogP contribution >= 0.6 is 11.3 Å². The van der Waals surface area contributed by atoms with E-state index >= 15 is 0 Å². The number of rotatable bonds is 6. The fraction of sp³-hybridized carbons (Fsp3) is 0.688. The monoisotopic (exact) mass is 324 g/mol. The first-order valence-electron chi connectivity index (χ1n) is 7.80. The van der Waals surface area contributed by atoms with Gasteiger partial charge < -0.3 is 19.9 Å². The molecule has 2 unspecified atom stereocenters. The van der Waals surface area contributed by atoms with Crippen LogP contribution in [0.1, 0.15) is 17.3 Å². The van der Waals surface area contributed by atoms with Crippen LogP contribution in [-0.4, -0.2) is 70.3 Å². The molecule has 22 heavy (non-hydrogen) atoms. The zero-order valence-electron chi connectivity index (χ0n) is 14.1. The van der Waals surface area contributed by atoms with Crippen LogP contribution in [0.25, 0.3) is 0 Å². The summed E-state index contributed by atoms with van der Waals surface area (Å²) in [6, 6.07) is 4.68. The van der Waals surface area contributed by atoms with Crippen LogP contribution in [0.4, 0.5) is 0 Å². The summed E-state index contributed by atoms with van der Waals surface area (Å²) in [5.74, 6) is 1.62. The van der Waals surface area contributed by atoms with Gasteiger partial charge >= 0.3 is 0 Å². The Morgan fingerprint density at radius 3 is 3.00 bits per heavy atom. The van der Waals surface area contributed by atoms with Gasteiger partial charge in [0.15, 0.2) is 5.96 Å². The Labute approximate surface area is 138 Å². The summed E-state index contributed by atoms with van der Waals surface area (Å²) in [7, 11) is 7.89. The van der Waals surface area contributed by atoms with E-state index in [0.29, 0.717) is 12.0 Å². The molecule has 1 aromatic rings. The van der Waals surface area contributed by atoms with Crippen molar-refractivity contribution in [3.8, 4) is 0 Å². The summed E-state index contributed by atoms with van der Waals surface area (Å²) >= 11 is 1.81. The van der Waals surface area contributed by atoms with Gasteiger partial charge in [0.2, 0.25) is 0 Å². The van der Waals surface area contributed by atoms with Crippen molar-refractivity contribution in [2.45, 2.75) is 12.5 Å². The van der Waals surface area contributed by atoms with Gasteiger partial charge in [0, 0.05) is 44.6 Å². The number of hydrogen-bond acceptors (Lipinski definition) is 4. The molecular weight excluding hydrogens is 296 g/mol. The summed E-state index contributed by atoms with van der Waals surface area (Å²) in [5.41, 5.74) is 0. The zero-order chi connectivity index (χ0) is 15.9. The molecule has 1 aliphatic rings. The van der Waals surface area contributed by atoms with Gasteiger partial charge in [-0.3, -0.25) is 4.99 Å². The number of guanidine groups is 1. The maximum absolute atomic E-state index is 5.27. The number of aliphatic imine (C=N–C) groups is 1. The number of methoxy groups -OCH3 is 1. The molecule has 0 aliphatic carbocycles. The third kappa shape index (κ3) is 4.44. The zero-order valence-corrected chi connectivity index (χ0v) is 14.9. The van der Waals surface area contributed by atoms with Crippen molar-refractivity contribution in [1.82, 2.24) is 15.1 Å². The van der Waals surface area contributed by atoms with Crippen molar-refractivity contribution in [1.29, 1.82) is 0 Å². The molecule has 1 aliphatic heterocycles. The maximum atomic E-state index is 5.27. The Morgan fingerprint density at radius 1 is 1.59 bits per heavy atom. The molecule has 0 aromatic carbocycles. The first-order chi connectivity index (χ1) is 10.7. The molecule has 0 radical (unpaired) electrons. The second-order valence-electron chi connectivity index (χ2n) is 5.98. The van der Waals surface area contributed by atoms with Crippen molar-refractivity contribution < 1.29 is 4.74 Å². The number of likely N-dealkylation sites (tertiary alicyclic amines) is 1. The van der Waals surface area contributed by atoms with Gasteiger partial charge in [-0.25, -0.2) is 0 Å². The SMILES string of the molecule is CN=C(NCC(c1cccs1)N(C)C)N1CCC(COC)C1. The molecular formula is C16H28N4OS. The van der Waals surface area contributed by atoms with E-state index in [2.05, 4.69) is 51.7 Å². The van der Waals surface area contributed by atoms with Gasteiger partial charge in [-0.05, 0) is 32.0 Å². The highest BCUT2D eigenvalue weighted by molar-refractivity contribution is 7.10. The third-order valence-electron chi connectivity index (χ3n) is 4.15. The topological polar surface area (TPSA) is 40.1 Å². The third-order valence-corrected chi connectivity index (χ3v) is 5.12. The summed E-state index contributed by atoms with van der Waals surface area (Å²) < 4.78 is 5.27. The summed E-state index contributed by atoms with van der Waals surface area (Å²) in [5, 5.41) is 5.68. The van der Waals surface area contributed by atoms with Crippen molar-refractivity contribution in [2.24, 2.45) is 10.9 Å². The molecule has 0 amide bonds. The van der Waals surface area contributed by atoms with Crippen molar-refractivity contribution in [2.75, 3.05) is 54.5 Å². The van der Waals surface area contributed by atoms with Crippen molar-refractivity contribution in [3.63, 3.8) is 0 Å². The minimum atomic E-state index is 0.370. The minimum Gasteiger partial charge on any atom is -0.384 e. The average molecular weight is 324 g/mol. The molecule has 2 heterocycles. The lowest BCUT2D eigenvalue weighted by Gasteiger charge is -2.27. The highest BCUT2D eigenvalue weighted by Crippen LogP contribution is 2.22. The predicted octanol–water partition coefficient (Wildman–Crippen LogP) is 1.89. The Kier molecular flexibility index (Phi) is 6.67. The molecule has 6 heteroatoms. The number of nitrogens with zero attached hydrogens (tertiary/aromatic N) is 3. The molecule has 124 valence electrons. The van der Waals surface area contributed by atoms with Crippen LogP contribution in [-0.2, 0) is 4.74 Å². The largest absolute Gasteiger partial charge is 0.384 e.